The Morgan fingerprint density at radius 1 is 1.26 bits per heavy atom. The summed E-state index contributed by atoms with van der Waals surface area (Å²) in [5, 5.41) is 10.7. The van der Waals surface area contributed by atoms with Crippen molar-refractivity contribution in [1.82, 2.24) is 19.5 Å². The summed E-state index contributed by atoms with van der Waals surface area (Å²) < 4.78 is 35.4. The van der Waals surface area contributed by atoms with Crippen molar-refractivity contribution in [1.29, 1.82) is 0 Å². The summed E-state index contributed by atoms with van der Waals surface area (Å²) >= 11 is 6.23. The number of aliphatic hydroxyl groups excluding tert-OH is 1. The van der Waals surface area contributed by atoms with Crippen molar-refractivity contribution in [2.24, 2.45) is 5.92 Å². The third-order valence-electron chi connectivity index (χ3n) is 6.34. The first-order chi connectivity index (χ1) is 15.9. The normalized spacial score (nSPS) is 28.0. The number of hydrogen-bond donors (Lipinski definition) is 4. The highest BCUT2D eigenvalue weighted by Gasteiger charge is 2.44. The summed E-state index contributed by atoms with van der Waals surface area (Å²) in [5.41, 5.74) is 0.949. The molecule has 1 saturated carbocycles. The van der Waals surface area contributed by atoms with E-state index in [4.69, 9.17) is 30.6 Å². The first-order valence-electron chi connectivity index (χ1n) is 10.8. The van der Waals surface area contributed by atoms with Gasteiger partial charge in [-0.1, -0.05) is 19.8 Å². The third kappa shape index (κ3) is 5.48. The number of anilines is 1. The number of hydrogen-bond acceptors (Lipinski definition) is 9. The van der Waals surface area contributed by atoms with Crippen molar-refractivity contribution in [2.45, 2.75) is 57.1 Å². The van der Waals surface area contributed by atoms with Crippen LogP contribution < -0.4 is 4.90 Å². The smallest absolute Gasteiger partial charge is 0.340 e. The second kappa shape index (κ2) is 9.72. The van der Waals surface area contributed by atoms with Crippen molar-refractivity contribution >= 4 is 43.8 Å². The Hall–Kier alpha value is -1.14. The molecule has 5 atom stereocenters. The maximum Gasteiger partial charge on any atom is 0.340 e. The highest BCUT2D eigenvalue weighted by Crippen LogP contribution is 2.55. The molecule has 16 heteroatoms. The summed E-state index contributed by atoms with van der Waals surface area (Å²) in [6, 6.07) is 0.326. The molecular formula is C18H28ClN5O8P2. The Balaban J connectivity index is 1.56. The standard InChI is InChI=1S/C18H28ClN5O8P2/c1-10-14(25)12(7-31-34(29,30)9-33(26,27)28)32-17(10)24-8-20-13-15(21-18(19)22-16(13)24)23(2)11-5-3-4-6-11/h8,10-12,14,17,25H,3-7,9H2,1-2H3,(H,29,30)(H2,26,27,28)/t10-,12+,14-,17+/m0/s1. The Bertz CT molecular complexity index is 1140. The van der Waals surface area contributed by atoms with Crippen molar-refractivity contribution < 1.29 is 38.2 Å². The fourth-order valence-electron chi connectivity index (χ4n) is 4.58. The molecule has 1 saturated heterocycles. The molecule has 0 amide bonds. The molecule has 1 aliphatic heterocycles. The van der Waals surface area contributed by atoms with E-state index in [0.717, 1.165) is 25.7 Å². The molecule has 0 radical (unpaired) electrons. The first kappa shape index (κ1) is 25.9. The lowest BCUT2D eigenvalue weighted by Crippen LogP contribution is -2.30. The van der Waals surface area contributed by atoms with Gasteiger partial charge in [0.2, 0.25) is 5.28 Å². The van der Waals surface area contributed by atoms with Gasteiger partial charge in [0.25, 0.3) is 0 Å². The summed E-state index contributed by atoms with van der Waals surface area (Å²) in [6.45, 7) is 1.19. The van der Waals surface area contributed by atoms with Gasteiger partial charge in [-0.25, -0.2) is 4.98 Å². The second-order valence-electron chi connectivity index (χ2n) is 8.84. The molecule has 2 fully saturated rings. The Morgan fingerprint density at radius 3 is 2.59 bits per heavy atom. The van der Waals surface area contributed by atoms with Crippen LogP contribution in [0.3, 0.4) is 0 Å². The van der Waals surface area contributed by atoms with Crippen LogP contribution in [0.4, 0.5) is 5.82 Å². The number of rotatable bonds is 8. The summed E-state index contributed by atoms with van der Waals surface area (Å²) in [6.07, 6.45) is 3.06. The number of ether oxygens (including phenoxy) is 1. The fourth-order valence-corrected chi connectivity index (χ4v) is 7.31. The van der Waals surface area contributed by atoms with Gasteiger partial charge >= 0.3 is 15.2 Å². The van der Waals surface area contributed by atoms with Crippen LogP contribution in [-0.2, 0) is 18.4 Å². The number of imidazole rings is 1. The number of aliphatic hydroxyl groups is 1. The van der Waals surface area contributed by atoms with E-state index in [0.29, 0.717) is 23.0 Å². The summed E-state index contributed by atoms with van der Waals surface area (Å²) in [4.78, 5) is 42.8. The van der Waals surface area contributed by atoms with E-state index in [-0.39, 0.29) is 5.28 Å². The van der Waals surface area contributed by atoms with Gasteiger partial charge in [0.1, 0.15) is 12.3 Å². The van der Waals surface area contributed by atoms with E-state index in [1.54, 1.807) is 11.5 Å². The van der Waals surface area contributed by atoms with Gasteiger partial charge in [-0.3, -0.25) is 13.7 Å². The monoisotopic (exact) mass is 539 g/mol. The number of halogens is 1. The highest BCUT2D eigenvalue weighted by atomic mass is 35.5. The molecule has 13 nitrogen and oxygen atoms in total. The third-order valence-corrected chi connectivity index (χ3v) is 9.97. The SMILES string of the molecule is C[C@H]1[C@H](O)[C@@H](COP(=O)(O)CP(=O)(O)O)O[C@H]1n1cnc2c(N(C)C3CCCC3)nc(Cl)nc21. The number of nitrogens with zero attached hydrogens (tertiary/aromatic N) is 5. The van der Waals surface area contributed by atoms with Crippen molar-refractivity contribution in [3.05, 3.63) is 11.6 Å². The maximum atomic E-state index is 12.0. The van der Waals surface area contributed by atoms with E-state index in [1.165, 1.54) is 6.33 Å². The van der Waals surface area contributed by atoms with E-state index in [2.05, 4.69) is 19.9 Å². The molecule has 2 aliphatic rings. The van der Waals surface area contributed by atoms with E-state index in [9.17, 15) is 19.1 Å². The van der Waals surface area contributed by atoms with Crippen LogP contribution in [0, 0.1) is 5.92 Å². The van der Waals surface area contributed by atoms with Crippen LogP contribution >= 0.6 is 26.8 Å². The van der Waals surface area contributed by atoms with Gasteiger partial charge in [0, 0.05) is 19.0 Å². The van der Waals surface area contributed by atoms with Crippen LogP contribution in [0.2, 0.25) is 5.28 Å². The van der Waals surface area contributed by atoms with E-state index < -0.39 is 52.1 Å². The Labute approximate surface area is 200 Å². The molecule has 190 valence electrons. The van der Waals surface area contributed by atoms with Crippen molar-refractivity contribution in [3.8, 4) is 0 Å². The number of aromatic nitrogens is 4. The lowest BCUT2D eigenvalue weighted by atomic mass is 10.0. The molecule has 2 aromatic rings. The van der Waals surface area contributed by atoms with Gasteiger partial charge in [-0.2, -0.15) is 9.97 Å². The predicted octanol–water partition coefficient (Wildman–Crippen LogP) is 2.09. The zero-order chi connectivity index (χ0) is 24.8. The average Bonchev–Trinajstić information content (AvgIpc) is 3.45. The minimum Gasteiger partial charge on any atom is -0.390 e. The van der Waals surface area contributed by atoms with Crippen LogP contribution in [0.15, 0.2) is 6.33 Å². The molecule has 4 rings (SSSR count). The molecule has 3 heterocycles. The quantitative estimate of drug-likeness (QED) is 0.284. The van der Waals surface area contributed by atoms with Crippen LogP contribution in [0.5, 0.6) is 0 Å². The van der Waals surface area contributed by atoms with Gasteiger partial charge < -0.3 is 33.9 Å². The summed E-state index contributed by atoms with van der Waals surface area (Å²) in [7, 11) is -7.40. The molecular weight excluding hydrogens is 512 g/mol. The lowest BCUT2D eigenvalue weighted by molar-refractivity contribution is -0.0411. The molecule has 1 unspecified atom stereocenters. The second-order valence-corrected chi connectivity index (χ2v) is 13.2. The van der Waals surface area contributed by atoms with Gasteiger partial charge in [-0.15, -0.1) is 0 Å². The van der Waals surface area contributed by atoms with Crippen LogP contribution in [0.1, 0.15) is 38.8 Å². The Kier molecular flexibility index (Phi) is 7.42. The molecule has 1 aliphatic carbocycles. The minimum absolute atomic E-state index is 0.0406. The van der Waals surface area contributed by atoms with E-state index >= 15 is 0 Å². The molecule has 34 heavy (non-hydrogen) atoms. The van der Waals surface area contributed by atoms with Crippen LogP contribution in [-0.4, -0.2) is 77.1 Å². The zero-order valence-electron chi connectivity index (χ0n) is 18.6. The first-order valence-corrected chi connectivity index (χ1v) is 14.8. The van der Waals surface area contributed by atoms with Gasteiger partial charge in [0.05, 0.1) is 19.0 Å². The lowest BCUT2D eigenvalue weighted by Gasteiger charge is -2.25. The average molecular weight is 540 g/mol. The minimum atomic E-state index is -4.77. The molecule has 0 aromatic carbocycles. The van der Waals surface area contributed by atoms with E-state index in [1.807, 2.05) is 7.05 Å². The van der Waals surface area contributed by atoms with Crippen molar-refractivity contribution in [2.75, 3.05) is 24.5 Å². The zero-order valence-corrected chi connectivity index (χ0v) is 21.2. The maximum absolute atomic E-state index is 12.0. The summed E-state index contributed by atoms with van der Waals surface area (Å²) in [5.74, 6) is -1.21. The molecule has 2 aromatic heterocycles. The molecule has 0 spiro atoms. The molecule has 0 bridgehead atoms. The van der Waals surface area contributed by atoms with Gasteiger partial charge in [0.15, 0.2) is 22.9 Å². The predicted molar refractivity (Wildman–Crippen MR) is 123 cm³/mol. The van der Waals surface area contributed by atoms with Crippen LogP contribution in [0.25, 0.3) is 11.2 Å². The molecule has 4 N–H and O–H groups in total. The topological polar surface area (TPSA) is 180 Å². The number of fused-ring (bicyclic) bond motifs is 1. The Morgan fingerprint density at radius 2 is 1.94 bits per heavy atom. The van der Waals surface area contributed by atoms with Gasteiger partial charge in [-0.05, 0) is 24.4 Å². The van der Waals surface area contributed by atoms with Crippen molar-refractivity contribution in [3.63, 3.8) is 0 Å². The highest BCUT2D eigenvalue weighted by molar-refractivity contribution is 7.70. The fraction of sp³-hybridized carbons (Fsp3) is 0.722. The largest absolute Gasteiger partial charge is 0.390 e.